The SMILES string of the molecule is C[C@H](NC(=O)C(Cl)(Cl)Cl)[C@H](Oc1ccc(Nc2ccc(F)cc2)c(C=N)c1)c1ccccc1. The summed E-state index contributed by atoms with van der Waals surface area (Å²) in [6.07, 6.45) is 0.585. The minimum atomic E-state index is -2.10. The van der Waals surface area contributed by atoms with Crippen LogP contribution in [0.4, 0.5) is 15.8 Å². The summed E-state index contributed by atoms with van der Waals surface area (Å²) in [5.41, 5.74) is 2.69. The summed E-state index contributed by atoms with van der Waals surface area (Å²) in [6, 6.07) is 19.9. The molecular formula is C24H21Cl3FN3O2. The quantitative estimate of drug-likeness (QED) is 0.238. The molecule has 0 saturated carbocycles. The smallest absolute Gasteiger partial charge is 0.272 e. The summed E-state index contributed by atoms with van der Waals surface area (Å²) in [6.45, 7) is 1.74. The number of halogens is 4. The molecule has 0 bridgehead atoms. The van der Waals surface area contributed by atoms with Gasteiger partial charge in [-0.3, -0.25) is 4.79 Å². The average molecular weight is 509 g/mol. The van der Waals surface area contributed by atoms with Crippen LogP contribution in [0.2, 0.25) is 0 Å². The van der Waals surface area contributed by atoms with Gasteiger partial charge in [-0.05, 0) is 55.0 Å². The number of rotatable bonds is 8. The molecule has 33 heavy (non-hydrogen) atoms. The van der Waals surface area contributed by atoms with Crippen LogP contribution in [0, 0.1) is 11.2 Å². The fraction of sp³-hybridized carbons (Fsp3) is 0.167. The number of hydrogen-bond acceptors (Lipinski definition) is 4. The number of carbonyl (C=O) groups is 1. The maximum absolute atomic E-state index is 13.2. The highest BCUT2D eigenvalue weighted by molar-refractivity contribution is 6.76. The van der Waals surface area contributed by atoms with Crippen LogP contribution in [0.25, 0.3) is 0 Å². The van der Waals surface area contributed by atoms with Crippen LogP contribution < -0.4 is 15.4 Å². The number of nitrogens with one attached hydrogen (secondary N) is 3. The van der Waals surface area contributed by atoms with Crippen LogP contribution in [-0.4, -0.2) is 22.0 Å². The molecule has 3 rings (SSSR count). The summed E-state index contributed by atoms with van der Waals surface area (Å²) in [5, 5.41) is 13.6. The molecule has 0 saturated heterocycles. The van der Waals surface area contributed by atoms with E-state index in [4.69, 9.17) is 44.9 Å². The second-order valence-electron chi connectivity index (χ2n) is 7.23. The molecule has 3 N–H and O–H groups in total. The van der Waals surface area contributed by atoms with E-state index in [1.54, 1.807) is 37.3 Å². The Kier molecular flexibility index (Phi) is 8.19. The molecule has 0 aromatic heterocycles. The van der Waals surface area contributed by atoms with Crippen molar-refractivity contribution in [2.45, 2.75) is 22.9 Å². The summed E-state index contributed by atoms with van der Waals surface area (Å²) in [7, 11) is 0. The van der Waals surface area contributed by atoms with Crippen molar-refractivity contribution in [1.82, 2.24) is 5.32 Å². The molecule has 1 amide bonds. The van der Waals surface area contributed by atoms with E-state index in [2.05, 4.69) is 10.6 Å². The predicted octanol–water partition coefficient (Wildman–Crippen LogP) is 6.56. The van der Waals surface area contributed by atoms with Gasteiger partial charge in [-0.25, -0.2) is 4.39 Å². The molecule has 0 radical (unpaired) electrons. The highest BCUT2D eigenvalue weighted by atomic mass is 35.6. The monoisotopic (exact) mass is 507 g/mol. The maximum Gasteiger partial charge on any atom is 0.272 e. The highest BCUT2D eigenvalue weighted by Crippen LogP contribution is 2.31. The molecule has 0 spiro atoms. The number of anilines is 2. The number of alkyl halides is 3. The molecule has 0 aliphatic rings. The van der Waals surface area contributed by atoms with Crippen LogP contribution in [0.1, 0.15) is 24.2 Å². The lowest BCUT2D eigenvalue weighted by molar-refractivity contribution is -0.121. The minimum absolute atomic E-state index is 0.334. The number of hydrogen-bond donors (Lipinski definition) is 3. The molecule has 3 aromatic rings. The predicted molar refractivity (Wildman–Crippen MR) is 132 cm³/mol. The molecule has 5 nitrogen and oxygen atoms in total. The third-order valence-electron chi connectivity index (χ3n) is 4.76. The standard InChI is InChI=1S/C24H21Cl3FN3O2/c1-15(30-23(32)24(25,26)27)22(16-5-3-2-4-6-16)33-20-11-12-21(17(13-20)14-29)31-19-9-7-18(28)8-10-19/h2-15,22,29,31H,1H3,(H,30,32)/t15-,22-/m0/s1. The van der Waals surface area contributed by atoms with Crippen molar-refractivity contribution in [2.75, 3.05) is 5.32 Å². The Labute approximate surface area is 206 Å². The molecule has 9 heteroatoms. The van der Waals surface area contributed by atoms with Gasteiger partial charge in [-0.2, -0.15) is 0 Å². The molecule has 0 unspecified atom stereocenters. The zero-order chi connectivity index (χ0) is 24.0. The lowest BCUT2D eigenvalue weighted by Crippen LogP contribution is -2.44. The Bertz CT molecular complexity index is 1110. The molecule has 0 fully saturated rings. The number of benzene rings is 3. The van der Waals surface area contributed by atoms with Crippen LogP contribution in [-0.2, 0) is 4.79 Å². The van der Waals surface area contributed by atoms with E-state index in [1.165, 1.54) is 18.3 Å². The third-order valence-corrected chi connectivity index (χ3v) is 5.28. The molecular weight excluding hydrogens is 488 g/mol. The van der Waals surface area contributed by atoms with E-state index in [0.29, 0.717) is 22.7 Å². The van der Waals surface area contributed by atoms with Gasteiger partial charge in [-0.1, -0.05) is 65.1 Å². The Morgan fingerprint density at radius 3 is 2.33 bits per heavy atom. The highest BCUT2D eigenvalue weighted by Gasteiger charge is 2.34. The summed E-state index contributed by atoms with van der Waals surface area (Å²) in [5.74, 6) is -0.620. The van der Waals surface area contributed by atoms with E-state index in [1.807, 2.05) is 30.3 Å². The summed E-state index contributed by atoms with van der Waals surface area (Å²) in [4.78, 5) is 12.2. The lowest BCUT2D eigenvalue weighted by Gasteiger charge is -2.28. The average Bonchev–Trinajstić information content (AvgIpc) is 2.79. The van der Waals surface area contributed by atoms with Gasteiger partial charge in [0, 0.05) is 23.2 Å². The van der Waals surface area contributed by atoms with Crippen molar-refractivity contribution in [3.05, 3.63) is 89.7 Å². The van der Waals surface area contributed by atoms with E-state index >= 15 is 0 Å². The van der Waals surface area contributed by atoms with E-state index in [-0.39, 0.29) is 5.82 Å². The fourth-order valence-corrected chi connectivity index (χ4v) is 3.31. The molecule has 172 valence electrons. The van der Waals surface area contributed by atoms with Gasteiger partial charge in [0.1, 0.15) is 17.7 Å². The topological polar surface area (TPSA) is 74.2 Å². The number of ether oxygens (including phenoxy) is 1. The largest absolute Gasteiger partial charge is 0.484 e. The first kappa shape index (κ1) is 24.8. The Morgan fingerprint density at radius 2 is 1.73 bits per heavy atom. The van der Waals surface area contributed by atoms with Crippen molar-refractivity contribution < 1.29 is 13.9 Å². The molecule has 3 aromatic carbocycles. The normalized spacial score (nSPS) is 13.0. The van der Waals surface area contributed by atoms with Crippen molar-refractivity contribution >= 4 is 58.3 Å². The first-order valence-corrected chi connectivity index (χ1v) is 11.1. The molecule has 0 heterocycles. The van der Waals surface area contributed by atoms with Crippen LogP contribution >= 0.6 is 34.8 Å². The Balaban J connectivity index is 1.85. The van der Waals surface area contributed by atoms with Gasteiger partial charge < -0.3 is 20.8 Å². The van der Waals surface area contributed by atoms with Gasteiger partial charge in [0.05, 0.1) is 6.04 Å². The summed E-state index contributed by atoms with van der Waals surface area (Å²) >= 11 is 17.1. The second-order valence-corrected chi connectivity index (χ2v) is 9.52. The first-order valence-electron chi connectivity index (χ1n) is 9.94. The van der Waals surface area contributed by atoms with Gasteiger partial charge in [0.15, 0.2) is 0 Å². The van der Waals surface area contributed by atoms with Gasteiger partial charge in [0.2, 0.25) is 0 Å². The van der Waals surface area contributed by atoms with Crippen molar-refractivity contribution in [1.29, 1.82) is 5.41 Å². The number of amides is 1. The van der Waals surface area contributed by atoms with Crippen LogP contribution in [0.3, 0.4) is 0 Å². The van der Waals surface area contributed by atoms with Gasteiger partial charge >= 0.3 is 0 Å². The van der Waals surface area contributed by atoms with Crippen molar-refractivity contribution in [2.24, 2.45) is 0 Å². The number of carbonyl (C=O) groups excluding carboxylic acids is 1. The molecule has 0 aliphatic heterocycles. The van der Waals surface area contributed by atoms with E-state index in [0.717, 1.165) is 5.56 Å². The Hall–Kier alpha value is -2.80. The van der Waals surface area contributed by atoms with Crippen molar-refractivity contribution in [3.63, 3.8) is 0 Å². The second kappa shape index (κ2) is 10.9. The minimum Gasteiger partial charge on any atom is -0.484 e. The van der Waals surface area contributed by atoms with Gasteiger partial charge in [-0.15, -0.1) is 0 Å². The van der Waals surface area contributed by atoms with E-state index in [9.17, 15) is 9.18 Å². The first-order chi connectivity index (χ1) is 15.7. The fourth-order valence-electron chi connectivity index (χ4n) is 3.15. The maximum atomic E-state index is 13.2. The molecule has 0 aliphatic carbocycles. The van der Waals surface area contributed by atoms with Crippen molar-refractivity contribution in [3.8, 4) is 5.75 Å². The Morgan fingerprint density at radius 1 is 1.06 bits per heavy atom. The summed E-state index contributed by atoms with van der Waals surface area (Å²) < 4.78 is 17.3. The zero-order valence-electron chi connectivity index (χ0n) is 17.5. The van der Waals surface area contributed by atoms with Gasteiger partial charge in [0.25, 0.3) is 9.70 Å². The lowest BCUT2D eigenvalue weighted by atomic mass is 10.0. The van der Waals surface area contributed by atoms with Crippen LogP contribution in [0.5, 0.6) is 5.75 Å². The van der Waals surface area contributed by atoms with E-state index < -0.39 is 21.8 Å². The van der Waals surface area contributed by atoms with Crippen LogP contribution in [0.15, 0.2) is 72.8 Å². The zero-order valence-corrected chi connectivity index (χ0v) is 19.8. The third kappa shape index (κ3) is 6.84. The molecule has 2 atom stereocenters.